The van der Waals surface area contributed by atoms with Crippen LogP contribution in [0.15, 0.2) is 42.7 Å². The minimum Gasteiger partial charge on any atom is -0.346 e. The van der Waals surface area contributed by atoms with Crippen molar-refractivity contribution in [3.63, 3.8) is 0 Å². The third-order valence-corrected chi connectivity index (χ3v) is 6.32. The molecule has 31 heavy (non-hydrogen) atoms. The van der Waals surface area contributed by atoms with E-state index < -0.39 is 0 Å². The Bertz CT molecular complexity index is 1040. The van der Waals surface area contributed by atoms with Crippen LogP contribution in [0, 0.1) is 6.92 Å². The average Bonchev–Trinajstić information content (AvgIpc) is 3.36. The predicted octanol–water partition coefficient (Wildman–Crippen LogP) is 3.62. The molecule has 0 aliphatic carbocycles. The van der Waals surface area contributed by atoms with Crippen LogP contribution in [0.25, 0.3) is 0 Å². The maximum absolute atomic E-state index is 6.25. The molecule has 0 unspecified atom stereocenters. The van der Waals surface area contributed by atoms with Gasteiger partial charge in [-0.25, -0.2) is 0 Å². The van der Waals surface area contributed by atoms with Gasteiger partial charge in [0.05, 0.1) is 12.2 Å². The molecule has 0 saturated carbocycles. The van der Waals surface area contributed by atoms with E-state index >= 15 is 0 Å². The van der Waals surface area contributed by atoms with Crippen LogP contribution in [0.2, 0.25) is 5.02 Å². The first-order chi connectivity index (χ1) is 15.0. The average molecular weight is 458 g/mol. The van der Waals surface area contributed by atoms with Gasteiger partial charge in [-0.15, -0.1) is 0 Å². The second kappa shape index (κ2) is 9.80. The summed E-state index contributed by atoms with van der Waals surface area (Å²) in [7, 11) is 0. The van der Waals surface area contributed by atoms with Crippen LogP contribution >= 0.6 is 23.8 Å². The van der Waals surface area contributed by atoms with Gasteiger partial charge in [0.25, 0.3) is 0 Å². The van der Waals surface area contributed by atoms with Crippen molar-refractivity contribution < 1.29 is 0 Å². The molecule has 3 aromatic rings. The first kappa shape index (κ1) is 21.8. The molecule has 4 rings (SSSR count). The minimum atomic E-state index is 0.626. The number of aromatic nitrogens is 4. The number of hydrogen-bond donors (Lipinski definition) is 1. The first-order valence-corrected chi connectivity index (χ1v) is 11.4. The van der Waals surface area contributed by atoms with Crippen LogP contribution in [0.5, 0.6) is 0 Å². The summed E-state index contributed by atoms with van der Waals surface area (Å²) in [4.78, 5) is 4.67. The van der Waals surface area contributed by atoms with Crippen molar-refractivity contribution in [2.45, 2.75) is 33.5 Å². The number of rotatable bonds is 6. The molecule has 0 bridgehead atoms. The van der Waals surface area contributed by atoms with Crippen LogP contribution in [0.1, 0.15) is 23.7 Å². The van der Waals surface area contributed by atoms with Gasteiger partial charge in [-0.1, -0.05) is 29.8 Å². The smallest absolute Gasteiger partial charge is 0.174 e. The lowest BCUT2D eigenvalue weighted by Crippen LogP contribution is -2.49. The van der Waals surface area contributed by atoms with Crippen molar-refractivity contribution in [2.75, 3.05) is 31.5 Å². The van der Waals surface area contributed by atoms with Crippen molar-refractivity contribution in [3.05, 3.63) is 64.6 Å². The highest BCUT2D eigenvalue weighted by atomic mass is 35.5. The molecule has 0 radical (unpaired) electrons. The van der Waals surface area contributed by atoms with Crippen molar-refractivity contribution in [3.8, 4) is 0 Å². The van der Waals surface area contributed by atoms with Gasteiger partial charge in [-0.3, -0.25) is 14.3 Å². The van der Waals surface area contributed by atoms with Gasteiger partial charge in [-0.05, 0) is 37.7 Å². The molecule has 1 N–H and O–H groups in total. The van der Waals surface area contributed by atoms with E-state index in [0.29, 0.717) is 6.54 Å². The van der Waals surface area contributed by atoms with E-state index in [2.05, 4.69) is 45.4 Å². The number of nitrogens with one attached hydrogen (secondary N) is 1. The van der Waals surface area contributed by atoms with Gasteiger partial charge >= 0.3 is 0 Å². The van der Waals surface area contributed by atoms with Crippen LogP contribution in [-0.2, 0) is 19.6 Å². The number of thiocarbonyl (C=S) groups is 1. The largest absolute Gasteiger partial charge is 0.346 e. The zero-order chi connectivity index (χ0) is 21.8. The summed E-state index contributed by atoms with van der Waals surface area (Å²) in [5.74, 6) is 0.752. The molecule has 0 spiro atoms. The molecule has 1 fully saturated rings. The second-order valence-electron chi connectivity index (χ2n) is 7.78. The Balaban J connectivity index is 1.27. The lowest BCUT2D eigenvalue weighted by atomic mass is 10.2. The maximum Gasteiger partial charge on any atom is 0.174 e. The van der Waals surface area contributed by atoms with Gasteiger partial charge in [-0.2, -0.15) is 10.2 Å². The Morgan fingerprint density at radius 3 is 2.52 bits per heavy atom. The molecular weight excluding hydrogens is 430 g/mol. The van der Waals surface area contributed by atoms with Gasteiger partial charge in [0, 0.05) is 68.3 Å². The third-order valence-electron chi connectivity index (χ3n) is 5.59. The molecule has 0 amide bonds. The van der Waals surface area contributed by atoms with Crippen molar-refractivity contribution >= 4 is 34.7 Å². The number of aryl methyl sites for hydroxylation is 2. The first-order valence-electron chi connectivity index (χ1n) is 10.6. The molecule has 3 heterocycles. The predicted molar refractivity (Wildman–Crippen MR) is 128 cm³/mol. The lowest BCUT2D eigenvalue weighted by molar-refractivity contribution is 0.176. The molecule has 1 aromatic carbocycles. The van der Waals surface area contributed by atoms with E-state index in [1.165, 1.54) is 5.56 Å². The molecule has 1 aliphatic heterocycles. The summed E-state index contributed by atoms with van der Waals surface area (Å²) < 4.78 is 3.87. The number of nitrogens with zero attached hydrogens (tertiary/aromatic N) is 6. The van der Waals surface area contributed by atoms with Crippen molar-refractivity contribution in [2.24, 2.45) is 0 Å². The standard InChI is InChI=1S/C22H28ClN7S/c1-3-29-16-19(17(2)25-29)14-27-10-12-28(13-11-27)22(31)24-21-8-9-30(26-21)15-18-6-4-5-7-20(18)23/h4-9,16H,3,10-15H2,1-2H3,(H,24,26,31). The molecule has 164 valence electrons. The van der Waals surface area contributed by atoms with Crippen LogP contribution < -0.4 is 5.32 Å². The fourth-order valence-electron chi connectivity index (χ4n) is 3.73. The van der Waals surface area contributed by atoms with E-state index in [0.717, 1.165) is 66.5 Å². The summed E-state index contributed by atoms with van der Waals surface area (Å²) in [5, 5.41) is 13.9. The number of hydrogen-bond acceptors (Lipinski definition) is 4. The topological polar surface area (TPSA) is 54.1 Å². The van der Waals surface area contributed by atoms with Gasteiger partial charge in [0.2, 0.25) is 0 Å². The number of halogens is 1. The highest BCUT2D eigenvalue weighted by Gasteiger charge is 2.20. The van der Waals surface area contributed by atoms with E-state index in [4.69, 9.17) is 23.8 Å². The molecule has 0 atom stereocenters. The summed E-state index contributed by atoms with van der Waals surface area (Å²) in [5.41, 5.74) is 3.46. The number of piperazine rings is 1. The monoisotopic (exact) mass is 457 g/mol. The minimum absolute atomic E-state index is 0.626. The quantitative estimate of drug-likeness (QED) is 0.570. The van der Waals surface area contributed by atoms with Crippen molar-refractivity contribution in [1.29, 1.82) is 0 Å². The molecular formula is C22H28ClN7S. The highest BCUT2D eigenvalue weighted by Crippen LogP contribution is 2.17. The Kier molecular flexibility index (Phi) is 6.89. The highest BCUT2D eigenvalue weighted by molar-refractivity contribution is 7.80. The van der Waals surface area contributed by atoms with Gasteiger partial charge in [0.1, 0.15) is 0 Å². The number of anilines is 1. The summed E-state index contributed by atoms with van der Waals surface area (Å²) in [6.07, 6.45) is 4.10. The van der Waals surface area contributed by atoms with E-state index in [9.17, 15) is 0 Å². The van der Waals surface area contributed by atoms with Crippen LogP contribution in [-0.4, -0.2) is 60.7 Å². The Morgan fingerprint density at radius 2 is 1.81 bits per heavy atom. The number of benzene rings is 1. The zero-order valence-electron chi connectivity index (χ0n) is 18.0. The normalized spacial score (nSPS) is 14.7. The Hall–Kier alpha value is -2.42. The summed E-state index contributed by atoms with van der Waals surface area (Å²) >= 11 is 11.9. The molecule has 2 aromatic heterocycles. The third kappa shape index (κ3) is 5.44. The fourth-order valence-corrected chi connectivity index (χ4v) is 4.22. The molecule has 1 saturated heterocycles. The van der Waals surface area contributed by atoms with E-state index in [1.807, 2.05) is 45.9 Å². The molecule has 7 nitrogen and oxygen atoms in total. The SMILES string of the molecule is CCn1cc(CN2CCN(C(=S)Nc3ccn(Cc4ccccc4Cl)n3)CC2)c(C)n1. The van der Waals surface area contributed by atoms with E-state index in [-0.39, 0.29) is 0 Å². The zero-order valence-corrected chi connectivity index (χ0v) is 19.5. The van der Waals surface area contributed by atoms with Gasteiger partial charge in [0.15, 0.2) is 10.9 Å². The second-order valence-corrected chi connectivity index (χ2v) is 8.57. The lowest BCUT2D eigenvalue weighted by Gasteiger charge is -2.35. The van der Waals surface area contributed by atoms with Crippen LogP contribution in [0.3, 0.4) is 0 Å². The van der Waals surface area contributed by atoms with Crippen molar-refractivity contribution in [1.82, 2.24) is 29.4 Å². The maximum atomic E-state index is 6.25. The summed E-state index contributed by atoms with van der Waals surface area (Å²) in [6, 6.07) is 9.75. The van der Waals surface area contributed by atoms with Gasteiger partial charge < -0.3 is 10.2 Å². The van der Waals surface area contributed by atoms with E-state index in [1.54, 1.807) is 0 Å². The summed E-state index contributed by atoms with van der Waals surface area (Å²) in [6.45, 7) is 10.4. The Labute approximate surface area is 193 Å². The fraction of sp³-hybridized carbons (Fsp3) is 0.409. The Morgan fingerprint density at radius 1 is 1.03 bits per heavy atom. The molecule has 9 heteroatoms. The van der Waals surface area contributed by atoms with Crippen LogP contribution in [0.4, 0.5) is 5.82 Å². The molecule has 1 aliphatic rings.